The van der Waals surface area contributed by atoms with Gasteiger partial charge in [-0.3, -0.25) is 4.79 Å². The molecule has 4 N–H and O–H groups in total. The number of carbonyl (C=O) groups excluding carboxylic acids is 1. The topological polar surface area (TPSA) is 84.6 Å². The van der Waals surface area contributed by atoms with Crippen LogP contribution in [0, 0.1) is 5.92 Å². The van der Waals surface area contributed by atoms with Crippen LogP contribution in [0.2, 0.25) is 0 Å². The maximum absolute atomic E-state index is 12.2. The summed E-state index contributed by atoms with van der Waals surface area (Å²) < 4.78 is 5.00. The molecule has 2 rings (SSSR count). The summed E-state index contributed by atoms with van der Waals surface area (Å²) in [6.07, 6.45) is 3.07. The monoisotopic (exact) mass is 264 g/mol. The van der Waals surface area contributed by atoms with Gasteiger partial charge in [-0.05, 0) is 37.4 Å². The molecule has 1 fully saturated rings. The number of benzene rings is 1. The summed E-state index contributed by atoms with van der Waals surface area (Å²) in [5.41, 5.74) is 5.93. The van der Waals surface area contributed by atoms with Gasteiger partial charge < -0.3 is 20.9 Å². The number of para-hydroxylation sites is 1. The minimum Gasteiger partial charge on any atom is -0.504 e. The maximum Gasteiger partial charge on any atom is 0.255 e. The number of hydrogen-bond acceptors (Lipinski definition) is 4. The fraction of sp³-hybridized carbons (Fsp3) is 0.500. The van der Waals surface area contributed by atoms with Crippen molar-refractivity contribution in [2.75, 3.05) is 13.7 Å². The van der Waals surface area contributed by atoms with Gasteiger partial charge >= 0.3 is 0 Å². The number of carbonyl (C=O) groups is 1. The van der Waals surface area contributed by atoms with Crippen molar-refractivity contribution >= 4 is 5.91 Å². The van der Waals surface area contributed by atoms with Crippen LogP contribution in [0.15, 0.2) is 18.2 Å². The first-order chi connectivity index (χ1) is 9.17. The highest BCUT2D eigenvalue weighted by Gasteiger charge is 2.28. The molecule has 0 spiro atoms. The second-order valence-corrected chi connectivity index (χ2v) is 4.86. The van der Waals surface area contributed by atoms with Crippen LogP contribution >= 0.6 is 0 Å². The fourth-order valence-electron chi connectivity index (χ4n) is 2.63. The molecule has 1 amide bonds. The van der Waals surface area contributed by atoms with Crippen molar-refractivity contribution in [1.82, 2.24) is 5.32 Å². The van der Waals surface area contributed by atoms with Crippen molar-refractivity contribution in [3.63, 3.8) is 0 Å². The Balaban J connectivity index is 2.12. The summed E-state index contributed by atoms with van der Waals surface area (Å²) in [6, 6.07) is 4.98. The molecule has 1 aliphatic carbocycles. The molecule has 0 aromatic heterocycles. The third-order valence-electron chi connectivity index (χ3n) is 3.74. The zero-order valence-electron chi connectivity index (χ0n) is 11.1. The van der Waals surface area contributed by atoms with Crippen LogP contribution in [0.1, 0.15) is 29.6 Å². The van der Waals surface area contributed by atoms with Crippen molar-refractivity contribution in [2.24, 2.45) is 11.7 Å². The van der Waals surface area contributed by atoms with Crippen LogP contribution in [0.4, 0.5) is 0 Å². The van der Waals surface area contributed by atoms with Crippen LogP contribution in [0.3, 0.4) is 0 Å². The quantitative estimate of drug-likeness (QED) is 0.764. The molecule has 1 aliphatic rings. The van der Waals surface area contributed by atoms with Gasteiger partial charge in [0.05, 0.1) is 12.7 Å². The van der Waals surface area contributed by atoms with Crippen LogP contribution in [0.25, 0.3) is 0 Å². The molecule has 104 valence electrons. The Morgan fingerprint density at radius 1 is 1.53 bits per heavy atom. The summed E-state index contributed by atoms with van der Waals surface area (Å²) in [5, 5.41) is 12.9. The molecule has 0 heterocycles. The van der Waals surface area contributed by atoms with E-state index in [2.05, 4.69) is 5.32 Å². The zero-order valence-corrected chi connectivity index (χ0v) is 11.1. The van der Waals surface area contributed by atoms with E-state index in [1.807, 2.05) is 0 Å². The van der Waals surface area contributed by atoms with Gasteiger partial charge in [-0.1, -0.05) is 12.5 Å². The first-order valence-corrected chi connectivity index (χ1v) is 6.54. The van der Waals surface area contributed by atoms with Crippen molar-refractivity contribution < 1.29 is 14.6 Å². The average molecular weight is 264 g/mol. The lowest BCUT2D eigenvalue weighted by Gasteiger charge is -2.20. The first kappa shape index (κ1) is 13.7. The second-order valence-electron chi connectivity index (χ2n) is 4.86. The van der Waals surface area contributed by atoms with Crippen molar-refractivity contribution in [1.29, 1.82) is 0 Å². The Morgan fingerprint density at radius 3 is 3.00 bits per heavy atom. The van der Waals surface area contributed by atoms with E-state index in [4.69, 9.17) is 10.5 Å². The number of nitrogens with one attached hydrogen (secondary N) is 1. The zero-order chi connectivity index (χ0) is 13.8. The Hall–Kier alpha value is -1.75. The lowest BCUT2D eigenvalue weighted by Crippen LogP contribution is -2.39. The summed E-state index contributed by atoms with van der Waals surface area (Å²) >= 11 is 0. The Morgan fingerprint density at radius 2 is 2.32 bits per heavy atom. The molecule has 0 bridgehead atoms. The van der Waals surface area contributed by atoms with Crippen LogP contribution < -0.4 is 15.8 Å². The van der Waals surface area contributed by atoms with E-state index in [0.29, 0.717) is 18.2 Å². The van der Waals surface area contributed by atoms with Gasteiger partial charge in [-0.25, -0.2) is 0 Å². The molecule has 0 radical (unpaired) electrons. The molecular weight excluding hydrogens is 244 g/mol. The summed E-state index contributed by atoms with van der Waals surface area (Å²) in [6.45, 7) is 0.578. The number of rotatable bonds is 4. The van der Waals surface area contributed by atoms with Crippen LogP contribution in [-0.4, -0.2) is 30.7 Å². The number of methoxy groups -OCH3 is 1. The van der Waals surface area contributed by atoms with E-state index >= 15 is 0 Å². The predicted octanol–water partition coefficient (Wildman–Crippen LogP) is 1.26. The summed E-state index contributed by atoms with van der Waals surface area (Å²) in [5.74, 6) is 0.234. The van der Waals surface area contributed by atoms with Gasteiger partial charge in [0.1, 0.15) is 0 Å². The van der Waals surface area contributed by atoms with E-state index in [1.165, 1.54) is 7.11 Å². The number of aromatic hydroxyl groups is 1. The molecule has 2 unspecified atom stereocenters. The van der Waals surface area contributed by atoms with Crippen molar-refractivity contribution in [3.8, 4) is 11.5 Å². The van der Waals surface area contributed by atoms with Gasteiger partial charge in [0.25, 0.3) is 5.91 Å². The van der Waals surface area contributed by atoms with Crippen molar-refractivity contribution in [3.05, 3.63) is 23.8 Å². The summed E-state index contributed by atoms with van der Waals surface area (Å²) in [4.78, 5) is 12.2. The van der Waals surface area contributed by atoms with Crippen molar-refractivity contribution in [2.45, 2.75) is 25.3 Å². The van der Waals surface area contributed by atoms with E-state index < -0.39 is 0 Å². The average Bonchev–Trinajstić information content (AvgIpc) is 2.86. The molecule has 1 aromatic carbocycles. The number of nitrogens with two attached hydrogens (primary N) is 1. The molecule has 1 aromatic rings. The highest BCUT2D eigenvalue weighted by molar-refractivity contribution is 5.97. The molecule has 2 atom stereocenters. The van der Waals surface area contributed by atoms with Gasteiger partial charge in [-0.2, -0.15) is 0 Å². The number of ether oxygens (including phenoxy) is 1. The van der Waals surface area contributed by atoms with Gasteiger partial charge in [0.2, 0.25) is 0 Å². The van der Waals surface area contributed by atoms with Gasteiger partial charge in [0, 0.05) is 6.04 Å². The maximum atomic E-state index is 12.2. The van der Waals surface area contributed by atoms with Crippen LogP contribution in [-0.2, 0) is 0 Å². The van der Waals surface area contributed by atoms with E-state index in [-0.39, 0.29) is 23.3 Å². The van der Waals surface area contributed by atoms with Gasteiger partial charge in [-0.15, -0.1) is 0 Å². The molecule has 0 aliphatic heterocycles. The lowest BCUT2D eigenvalue weighted by atomic mass is 10.0. The van der Waals surface area contributed by atoms with Gasteiger partial charge in [0.15, 0.2) is 11.5 Å². The Kier molecular flexibility index (Phi) is 4.27. The molecule has 1 saturated carbocycles. The standard InChI is InChI=1S/C14H20N2O3/c1-19-12-7-3-5-10(13(12)17)14(18)16-11-6-2-4-9(11)8-15/h3,5,7,9,11,17H,2,4,6,8,15H2,1H3,(H,16,18). The van der Waals surface area contributed by atoms with Crippen LogP contribution in [0.5, 0.6) is 11.5 Å². The minimum atomic E-state index is -0.276. The largest absolute Gasteiger partial charge is 0.504 e. The minimum absolute atomic E-state index is 0.100. The number of hydrogen-bond donors (Lipinski definition) is 3. The fourth-order valence-corrected chi connectivity index (χ4v) is 2.63. The molecule has 0 saturated heterocycles. The van der Waals surface area contributed by atoms with E-state index in [9.17, 15) is 9.90 Å². The molecule has 19 heavy (non-hydrogen) atoms. The molecule has 5 nitrogen and oxygen atoms in total. The third-order valence-corrected chi connectivity index (χ3v) is 3.74. The predicted molar refractivity (Wildman–Crippen MR) is 72.3 cm³/mol. The lowest BCUT2D eigenvalue weighted by molar-refractivity contribution is 0.0925. The number of phenols is 1. The SMILES string of the molecule is COc1cccc(C(=O)NC2CCCC2CN)c1O. The van der Waals surface area contributed by atoms with E-state index in [1.54, 1.807) is 18.2 Å². The highest BCUT2D eigenvalue weighted by atomic mass is 16.5. The molecule has 5 heteroatoms. The first-order valence-electron chi connectivity index (χ1n) is 6.54. The third kappa shape index (κ3) is 2.81. The second kappa shape index (κ2) is 5.93. The Labute approximate surface area is 112 Å². The highest BCUT2D eigenvalue weighted by Crippen LogP contribution is 2.30. The van der Waals surface area contributed by atoms with E-state index in [0.717, 1.165) is 19.3 Å². The summed E-state index contributed by atoms with van der Waals surface area (Å²) in [7, 11) is 1.46. The number of phenolic OH excluding ortho intramolecular Hbond substituents is 1. The number of amides is 1. The smallest absolute Gasteiger partial charge is 0.255 e. The normalized spacial score (nSPS) is 22.2. The molecular formula is C14H20N2O3. The Bertz CT molecular complexity index is 462.